The third-order valence-electron chi connectivity index (χ3n) is 13.0. The van der Waals surface area contributed by atoms with Crippen LogP contribution < -0.4 is 9.80 Å². The molecule has 0 aromatic carbocycles. The van der Waals surface area contributed by atoms with Crippen molar-refractivity contribution in [2.24, 2.45) is 0 Å². The van der Waals surface area contributed by atoms with Gasteiger partial charge in [0.2, 0.25) is 5.89 Å². The molecule has 4 fully saturated rings. The summed E-state index contributed by atoms with van der Waals surface area (Å²) in [4.78, 5) is 44.4. The Hall–Kier alpha value is -3.74. The molecule has 0 aliphatic carbocycles. The minimum atomic E-state index is -0.457. The largest absolute Gasteiger partial charge is 0.464 e. The number of carbonyl (C=O) groups excluding carboxylic acids is 1. The minimum absolute atomic E-state index is 0. The van der Waals surface area contributed by atoms with E-state index in [1.54, 1.807) is 6.20 Å². The van der Waals surface area contributed by atoms with Crippen molar-refractivity contribution in [1.82, 2.24) is 49.6 Å². The second kappa shape index (κ2) is 23.8. The predicted molar refractivity (Wildman–Crippen MR) is 248 cm³/mol. The number of hydrogen-bond donors (Lipinski definition) is 2. The number of esters is 1. The second-order valence-electron chi connectivity index (χ2n) is 16.9. The Bertz CT molecular complexity index is 1820. The summed E-state index contributed by atoms with van der Waals surface area (Å²) >= 11 is 0. The number of nitrogens with zero attached hydrogens (tertiary/aromatic N) is 12. The van der Waals surface area contributed by atoms with Crippen molar-refractivity contribution in [2.75, 3.05) is 82.4 Å². The molecule has 7 heterocycles. The van der Waals surface area contributed by atoms with Gasteiger partial charge in [-0.15, -0.1) is 10.2 Å². The van der Waals surface area contributed by atoms with E-state index in [2.05, 4.69) is 70.2 Å². The maximum atomic E-state index is 11.7. The van der Waals surface area contributed by atoms with Gasteiger partial charge in [-0.25, -0.2) is 24.7 Å². The Morgan fingerprint density at radius 3 is 1.65 bits per heavy atom. The number of aromatic nitrogens is 6. The van der Waals surface area contributed by atoms with Crippen molar-refractivity contribution in [1.29, 1.82) is 0 Å². The number of carbonyl (C=O) groups is 1. The number of aryl methyl sites for hydroxylation is 3. The fraction of sp³-hybridized carbons (Fsp3) is 0.744. The van der Waals surface area contributed by atoms with Crippen LogP contribution in [0.2, 0.25) is 13.6 Å². The molecule has 0 saturated carbocycles. The SMILES string of the molecule is C.C.CCCc1nnc(-c2cnc(N3CCN(C4CCN(B(C)O)CC4)[C@@H](CC)C3)c(C)n2)o1.CC[C@H]1CN(c2ncc(C(=O)OC)nc2C)CCN1C1CCN(B(C)O)CC1. The predicted octanol–water partition coefficient (Wildman–Crippen LogP) is 4.58. The van der Waals surface area contributed by atoms with Gasteiger partial charge in [-0.3, -0.25) is 9.80 Å². The van der Waals surface area contributed by atoms with Crippen LogP contribution in [0.25, 0.3) is 11.6 Å². The van der Waals surface area contributed by atoms with Crippen LogP contribution in [0.1, 0.15) is 108 Å². The van der Waals surface area contributed by atoms with Crippen LogP contribution >= 0.6 is 0 Å². The molecule has 0 unspecified atom stereocenters. The molecule has 7 rings (SSSR count). The molecule has 0 bridgehead atoms. The first-order valence-corrected chi connectivity index (χ1v) is 22.4. The molecule has 2 atom stereocenters. The quantitative estimate of drug-likeness (QED) is 0.191. The summed E-state index contributed by atoms with van der Waals surface area (Å²) in [7, 11) is 0.656. The molecule has 4 aliphatic heterocycles. The lowest BCUT2D eigenvalue weighted by atomic mass is 9.82. The Morgan fingerprint density at radius 2 is 1.23 bits per heavy atom. The number of hydrogen-bond acceptors (Lipinski definition) is 17. The summed E-state index contributed by atoms with van der Waals surface area (Å²) in [6.07, 6.45) is 11.7. The second-order valence-corrected chi connectivity index (χ2v) is 16.9. The normalized spacial score (nSPS) is 21.1. The molecule has 0 radical (unpaired) electrons. The molecular formula is C43H76B2N12O5. The van der Waals surface area contributed by atoms with Crippen LogP contribution in [0.15, 0.2) is 16.8 Å². The summed E-state index contributed by atoms with van der Waals surface area (Å²) in [5, 5.41) is 27.9. The highest BCUT2D eigenvalue weighted by molar-refractivity contribution is 6.45. The van der Waals surface area contributed by atoms with E-state index in [1.807, 2.05) is 27.5 Å². The van der Waals surface area contributed by atoms with E-state index in [0.717, 1.165) is 140 Å². The molecule has 3 aromatic heterocycles. The molecule has 62 heavy (non-hydrogen) atoms. The molecule has 0 spiro atoms. The fourth-order valence-corrected chi connectivity index (χ4v) is 9.54. The van der Waals surface area contributed by atoms with E-state index in [0.29, 0.717) is 41.6 Å². The third-order valence-corrected chi connectivity index (χ3v) is 13.0. The Kier molecular flexibility index (Phi) is 19.5. The van der Waals surface area contributed by atoms with Crippen molar-refractivity contribution in [3.8, 4) is 11.6 Å². The zero-order valence-corrected chi connectivity index (χ0v) is 37.3. The van der Waals surface area contributed by atoms with Gasteiger partial charge in [-0.2, -0.15) is 0 Å². The van der Waals surface area contributed by atoms with Gasteiger partial charge < -0.3 is 38.6 Å². The highest BCUT2D eigenvalue weighted by Gasteiger charge is 2.36. The first-order chi connectivity index (χ1) is 28.9. The molecule has 17 nitrogen and oxygen atoms in total. The van der Waals surface area contributed by atoms with Crippen LogP contribution in [0.3, 0.4) is 0 Å². The van der Waals surface area contributed by atoms with Gasteiger partial charge in [0.1, 0.15) is 17.3 Å². The zero-order valence-electron chi connectivity index (χ0n) is 37.3. The summed E-state index contributed by atoms with van der Waals surface area (Å²) in [5.41, 5.74) is 2.54. The van der Waals surface area contributed by atoms with Crippen LogP contribution in [0, 0.1) is 13.8 Å². The fourth-order valence-electron chi connectivity index (χ4n) is 9.54. The highest BCUT2D eigenvalue weighted by atomic mass is 16.5. The van der Waals surface area contributed by atoms with Gasteiger partial charge >= 0.3 is 20.1 Å². The van der Waals surface area contributed by atoms with E-state index in [-0.39, 0.29) is 34.6 Å². The van der Waals surface area contributed by atoms with Crippen LogP contribution in [0.4, 0.5) is 11.6 Å². The molecule has 344 valence electrons. The molecule has 4 saturated heterocycles. The molecule has 4 aliphatic rings. The van der Waals surface area contributed by atoms with Crippen molar-refractivity contribution in [3.63, 3.8) is 0 Å². The monoisotopic (exact) mass is 863 g/mol. The van der Waals surface area contributed by atoms with Crippen LogP contribution in [0.5, 0.6) is 0 Å². The van der Waals surface area contributed by atoms with Crippen LogP contribution in [-0.4, -0.2) is 176 Å². The summed E-state index contributed by atoms with van der Waals surface area (Å²) in [5.74, 6) is 2.43. The van der Waals surface area contributed by atoms with E-state index in [1.165, 1.54) is 13.3 Å². The number of piperidine rings is 2. The Morgan fingerprint density at radius 1 is 0.742 bits per heavy atom. The van der Waals surface area contributed by atoms with E-state index in [9.17, 15) is 14.8 Å². The van der Waals surface area contributed by atoms with Gasteiger partial charge in [-0.05, 0) is 98.6 Å². The van der Waals surface area contributed by atoms with E-state index >= 15 is 0 Å². The van der Waals surface area contributed by atoms with Gasteiger partial charge in [0.15, 0.2) is 5.69 Å². The standard InChI is InChI=1S/C22H36BN7O2.C19H32BN5O3.2CH4/c1-5-7-20-26-27-22(32-20)19-14-24-21(16(3)25-19)28-12-13-30(17(6-2)15-28)18-8-10-29(11-9-18)23(4)31;1-5-15-13-23(18-14(2)22-17(12-21-18)19(26)28-4)10-11-25(15)16-6-8-24(9-7-16)20(3)27;;/h14,17-18,31H,5-13,15H2,1-4H3;12,15-16,27H,5-11,13H2,1-4H3;2*1H4/t17-;15-;;/m00../s1. The van der Waals surface area contributed by atoms with Crippen molar-refractivity contribution < 1.29 is 24.0 Å². The summed E-state index contributed by atoms with van der Waals surface area (Å²) in [6, 6.07) is 2.15. The Labute approximate surface area is 372 Å². The van der Waals surface area contributed by atoms with E-state index < -0.39 is 5.97 Å². The molecule has 2 N–H and O–H groups in total. The first kappa shape index (κ1) is 50.9. The average molecular weight is 863 g/mol. The van der Waals surface area contributed by atoms with Gasteiger partial charge in [0.05, 0.1) is 30.9 Å². The molecule has 3 aromatic rings. The van der Waals surface area contributed by atoms with Crippen molar-refractivity contribution in [2.45, 2.75) is 139 Å². The minimum Gasteiger partial charge on any atom is -0.464 e. The molecular weight excluding hydrogens is 786 g/mol. The van der Waals surface area contributed by atoms with Gasteiger partial charge in [-0.1, -0.05) is 35.6 Å². The van der Waals surface area contributed by atoms with Gasteiger partial charge in [0.25, 0.3) is 5.89 Å². The third kappa shape index (κ3) is 12.3. The lowest BCUT2D eigenvalue weighted by Gasteiger charge is -2.48. The average Bonchev–Trinajstić information content (AvgIpc) is 3.74. The summed E-state index contributed by atoms with van der Waals surface area (Å²) < 4.78 is 10.5. The smallest absolute Gasteiger partial charge is 0.376 e. The maximum absolute atomic E-state index is 11.7. The topological polar surface area (TPSA) is 177 Å². The highest BCUT2D eigenvalue weighted by Crippen LogP contribution is 2.29. The number of anilines is 2. The van der Waals surface area contributed by atoms with Crippen LogP contribution in [-0.2, 0) is 11.2 Å². The summed E-state index contributed by atoms with van der Waals surface area (Å²) in [6.45, 7) is 23.8. The Balaban J connectivity index is 0.000000266. The number of methoxy groups -OCH3 is 1. The first-order valence-electron chi connectivity index (χ1n) is 22.4. The lowest BCUT2D eigenvalue weighted by molar-refractivity contribution is 0.0593. The lowest BCUT2D eigenvalue weighted by Crippen LogP contribution is -2.59. The number of piperazine rings is 2. The zero-order chi connectivity index (χ0) is 42.9. The molecule has 0 amide bonds. The number of rotatable bonds is 12. The van der Waals surface area contributed by atoms with Gasteiger partial charge in [0, 0.05) is 69.9 Å². The number of ether oxygens (including phenoxy) is 1. The van der Waals surface area contributed by atoms with Crippen molar-refractivity contribution in [3.05, 3.63) is 35.4 Å². The van der Waals surface area contributed by atoms with E-state index in [4.69, 9.17) is 19.1 Å². The maximum Gasteiger partial charge on any atom is 0.376 e. The molecule has 19 heteroatoms. The van der Waals surface area contributed by atoms with Crippen molar-refractivity contribution >= 4 is 31.7 Å².